The molecule has 2 aliphatic heterocycles. The van der Waals surface area contributed by atoms with Crippen LogP contribution in [-0.2, 0) is 0 Å². The normalized spacial score (nSPS) is 19.4. The van der Waals surface area contributed by atoms with Crippen LogP contribution in [0.15, 0.2) is 18.2 Å². The second kappa shape index (κ2) is 10.9. The first-order valence-electron chi connectivity index (χ1n) is 12.4. The van der Waals surface area contributed by atoms with Crippen molar-refractivity contribution in [3.8, 4) is 0 Å². The summed E-state index contributed by atoms with van der Waals surface area (Å²) in [5.41, 5.74) is 14.3. The predicted molar refractivity (Wildman–Crippen MR) is 142 cm³/mol. The number of aromatic nitrogens is 2. The van der Waals surface area contributed by atoms with Crippen LogP contribution < -0.4 is 21.7 Å². The van der Waals surface area contributed by atoms with Crippen molar-refractivity contribution in [2.45, 2.75) is 45.2 Å². The summed E-state index contributed by atoms with van der Waals surface area (Å²) in [7, 11) is 1.51. The summed E-state index contributed by atoms with van der Waals surface area (Å²) in [5.74, 6) is 0.167. The minimum Gasteiger partial charge on any atom is -0.398 e. The Bertz CT molecular complexity index is 1140. The number of benzene rings is 1. The predicted octanol–water partition coefficient (Wildman–Crippen LogP) is 2.17. The maximum atomic E-state index is 13.0. The molecule has 2 aromatic rings. The first-order chi connectivity index (χ1) is 17.2. The molecule has 11 heteroatoms. The Morgan fingerprint density at radius 1 is 1.14 bits per heavy atom. The molecule has 5 N–H and O–H groups in total. The number of nitrogens with zero attached hydrogens (tertiary/aromatic N) is 5. The SMILES string of the molecule is CC[C@H]1CN(c2nc(N)c(C(=O)NC)nc2Cl)CCN1C1CCN(C(=O)c2ccc(C)cc2N)CC1. The number of likely N-dealkylation sites (tertiary alicyclic amines) is 1. The molecule has 4 rings (SSSR count). The van der Waals surface area contributed by atoms with E-state index in [1.54, 1.807) is 0 Å². The van der Waals surface area contributed by atoms with E-state index >= 15 is 0 Å². The second-order valence-corrected chi connectivity index (χ2v) is 9.87. The number of rotatable bonds is 5. The van der Waals surface area contributed by atoms with E-state index in [2.05, 4.69) is 32.0 Å². The van der Waals surface area contributed by atoms with Crippen LogP contribution in [0.3, 0.4) is 0 Å². The molecule has 1 atom stereocenters. The third-order valence-electron chi connectivity index (χ3n) is 7.26. The highest BCUT2D eigenvalue weighted by molar-refractivity contribution is 6.32. The summed E-state index contributed by atoms with van der Waals surface area (Å²) >= 11 is 6.42. The molecule has 0 spiro atoms. The van der Waals surface area contributed by atoms with Gasteiger partial charge in [-0.2, -0.15) is 0 Å². The Labute approximate surface area is 217 Å². The lowest BCUT2D eigenvalue weighted by molar-refractivity contribution is 0.0491. The van der Waals surface area contributed by atoms with Crippen LogP contribution in [0.25, 0.3) is 0 Å². The maximum Gasteiger partial charge on any atom is 0.273 e. The van der Waals surface area contributed by atoms with Gasteiger partial charge >= 0.3 is 0 Å². The summed E-state index contributed by atoms with van der Waals surface area (Å²) < 4.78 is 0. The van der Waals surface area contributed by atoms with Gasteiger partial charge in [-0.15, -0.1) is 0 Å². The van der Waals surface area contributed by atoms with Crippen molar-refractivity contribution >= 4 is 40.7 Å². The second-order valence-electron chi connectivity index (χ2n) is 9.51. The van der Waals surface area contributed by atoms with Crippen LogP contribution in [0.5, 0.6) is 0 Å². The number of hydrogen-bond donors (Lipinski definition) is 3. The highest BCUT2D eigenvalue weighted by atomic mass is 35.5. The van der Waals surface area contributed by atoms with Crippen molar-refractivity contribution < 1.29 is 9.59 Å². The number of piperidine rings is 1. The summed E-state index contributed by atoms with van der Waals surface area (Å²) in [6.07, 6.45) is 2.80. The van der Waals surface area contributed by atoms with Gasteiger partial charge in [0.05, 0.1) is 5.56 Å². The average Bonchev–Trinajstić information content (AvgIpc) is 2.88. The first kappa shape index (κ1) is 26.0. The van der Waals surface area contributed by atoms with E-state index < -0.39 is 5.91 Å². The highest BCUT2D eigenvalue weighted by Crippen LogP contribution is 2.30. The third kappa shape index (κ3) is 5.19. The molecule has 0 radical (unpaired) electrons. The van der Waals surface area contributed by atoms with E-state index in [1.165, 1.54) is 7.05 Å². The molecule has 1 aromatic heterocycles. The lowest BCUT2D eigenvalue weighted by Crippen LogP contribution is -2.58. The number of anilines is 3. The molecule has 0 aliphatic carbocycles. The molecule has 2 aliphatic rings. The number of amides is 2. The molecule has 36 heavy (non-hydrogen) atoms. The number of aryl methyl sites for hydroxylation is 1. The minimum atomic E-state index is -0.417. The Morgan fingerprint density at radius 2 is 1.86 bits per heavy atom. The zero-order chi connectivity index (χ0) is 26.0. The zero-order valence-corrected chi connectivity index (χ0v) is 21.9. The van der Waals surface area contributed by atoms with Crippen LogP contribution in [0.2, 0.25) is 5.15 Å². The van der Waals surface area contributed by atoms with Gasteiger partial charge in [0.15, 0.2) is 22.5 Å². The van der Waals surface area contributed by atoms with E-state index in [0.29, 0.717) is 42.2 Å². The number of hydrogen-bond acceptors (Lipinski definition) is 8. The van der Waals surface area contributed by atoms with Gasteiger partial charge in [-0.3, -0.25) is 14.5 Å². The van der Waals surface area contributed by atoms with Crippen molar-refractivity contribution in [3.05, 3.63) is 40.2 Å². The topological polar surface area (TPSA) is 134 Å². The summed E-state index contributed by atoms with van der Waals surface area (Å²) in [6, 6.07) is 6.31. The summed E-state index contributed by atoms with van der Waals surface area (Å²) in [5, 5.41) is 2.67. The van der Waals surface area contributed by atoms with Crippen LogP contribution >= 0.6 is 11.6 Å². The van der Waals surface area contributed by atoms with Crippen molar-refractivity contribution in [1.29, 1.82) is 0 Å². The van der Waals surface area contributed by atoms with Crippen molar-refractivity contribution in [3.63, 3.8) is 0 Å². The average molecular weight is 515 g/mol. The Morgan fingerprint density at radius 3 is 2.50 bits per heavy atom. The number of nitrogens with two attached hydrogens (primary N) is 2. The van der Waals surface area contributed by atoms with E-state index in [-0.39, 0.29) is 22.6 Å². The van der Waals surface area contributed by atoms with E-state index in [4.69, 9.17) is 23.1 Å². The number of nitrogens with one attached hydrogen (secondary N) is 1. The molecule has 2 saturated heterocycles. The number of piperazine rings is 1. The molecule has 10 nitrogen and oxygen atoms in total. The fraction of sp³-hybridized carbons (Fsp3) is 0.520. The molecule has 2 fully saturated rings. The molecule has 1 aromatic carbocycles. The van der Waals surface area contributed by atoms with Gasteiger partial charge in [0.25, 0.3) is 11.8 Å². The number of carbonyl (C=O) groups is 2. The maximum absolute atomic E-state index is 13.0. The largest absolute Gasteiger partial charge is 0.398 e. The van der Waals surface area contributed by atoms with Gasteiger partial charge in [0.1, 0.15) is 0 Å². The Hall–Kier alpha value is -3.11. The van der Waals surface area contributed by atoms with Crippen LogP contribution in [0, 0.1) is 6.92 Å². The number of carbonyl (C=O) groups excluding carboxylic acids is 2. The standard InChI is InChI=1S/C25H35ClN8O2/c1-4-16-14-33(23-21(26)30-20(22(28)31-23)24(35)29-3)11-12-34(16)17-7-9-32(10-8-17)25(36)18-6-5-15(2)13-19(18)27/h5-6,13,16-17H,4,7-12,14,27H2,1-3H3,(H2,28,31)(H,29,35)/t16-/m0/s1. The van der Waals surface area contributed by atoms with Crippen molar-refractivity contribution in [2.75, 3.05) is 56.1 Å². The van der Waals surface area contributed by atoms with E-state index in [9.17, 15) is 9.59 Å². The molecule has 0 bridgehead atoms. The number of nitrogen functional groups attached to an aromatic ring is 2. The molecule has 0 saturated carbocycles. The Balaban J connectivity index is 1.40. The molecule has 194 valence electrons. The molecular weight excluding hydrogens is 480 g/mol. The first-order valence-corrected chi connectivity index (χ1v) is 12.8. The fourth-order valence-electron chi connectivity index (χ4n) is 5.26. The smallest absolute Gasteiger partial charge is 0.273 e. The van der Waals surface area contributed by atoms with Crippen LogP contribution in [0.4, 0.5) is 17.3 Å². The van der Waals surface area contributed by atoms with Crippen molar-refractivity contribution in [2.24, 2.45) is 0 Å². The summed E-state index contributed by atoms with van der Waals surface area (Å²) in [4.78, 5) is 40.2. The van der Waals surface area contributed by atoms with Crippen LogP contribution in [0.1, 0.15) is 52.6 Å². The van der Waals surface area contributed by atoms with Gasteiger partial charge < -0.3 is 26.6 Å². The van der Waals surface area contributed by atoms with Gasteiger partial charge in [-0.05, 0) is 43.9 Å². The third-order valence-corrected chi connectivity index (χ3v) is 7.52. The lowest BCUT2D eigenvalue weighted by atomic mass is 9.97. The van der Waals surface area contributed by atoms with Gasteiger partial charge in [0.2, 0.25) is 0 Å². The molecule has 3 heterocycles. The number of halogens is 1. The van der Waals surface area contributed by atoms with Gasteiger partial charge in [-0.25, -0.2) is 9.97 Å². The quantitative estimate of drug-likeness (QED) is 0.517. The molecule has 0 unspecified atom stereocenters. The minimum absolute atomic E-state index is 0.00816. The van der Waals surface area contributed by atoms with Crippen LogP contribution in [-0.4, -0.2) is 83.4 Å². The van der Waals surface area contributed by atoms with E-state index in [1.807, 2.05) is 30.0 Å². The summed E-state index contributed by atoms with van der Waals surface area (Å²) in [6.45, 7) is 7.87. The monoisotopic (exact) mass is 514 g/mol. The molecule has 2 amide bonds. The fourth-order valence-corrected chi connectivity index (χ4v) is 5.51. The molecular formula is C25H35ClN8O2. The highest BCUT2D eigenvalue weighted by Gasteiger charge is 2.35. The van der Waals surface area contributed by atoms with Gasteiger partial charge in [-0.1, -0.05) is 24.6 Å². The van der Waals surface area contributed by atoms with Crippen molar-refractivity contribution in [1.82, 2.24) is 25.1 Å². The van der Waals surface area contributed by atoms with Gasteiger partial charge in [0, 0.05) is 57.5 Å². The lowest BCUT2D eigenvalue weighted by Gasteiger charge is -2.47. The Kier molecular flexibility index (Phi) is 7.85. The van der Waals surface area contributed by atoms with E-state index in [0.717, 1.165) is 44.5 Å². The zero-order valence-electron chi connectivity index (χ0n) is 21.1.